The van der Waals surface area contributed by atoms with Crippen molar-refractivity contribution < 1.29 is 9.59 Å². The van der Waals surface area contributed by atoms with Gasteiger partial charge in [0, 0.05) is 30.5 Å². The quantitative estimate of drug-likeness (QED) is 0.341. The van der Waals surface area contributed by atoms with E-state index in [4.69, 9.17) is 0 Å². The van der Waals surface area contributed by atoms with Gasteiger partial charge in [0.2, 0.25) is 5.78 Å². The summed E-state index contributed by atoms with van der Waals surface area (Å²) in [5, 5.41) is 17.6. The number of nitrogens with one attached hydrogen (secondary N) is 3. The number of urea groups is 1. The second kappa shape index (κ2) is 9.34. The van der Waals surface area contributed by atoms with Crippen LogP contribution in [0.4, 0.5) is 21.4 Å². The zero-order valence-corrected chi connectivity index (χ0v) is 20.5. The number of aryl methyl sites for hydroxylation is 2. The predicted molar refractivity (Wildman–Crippen MR) is 136 cm³/mol. The highest BCUT2D eigenvalue weighted by atomic mass is 32.1. The second-order valence-electron chi connectivity index (χ2n) is 8.71. The number of fused-ring (bicyclic) bond motifs is 1. The van der Waals surface area contributed by atoms with E-state index in [-0.39, 0.29) is 17.9 Å². The zero-order valence-electron chi connectivity index (χ0n) is 19.6. The fourth-order valence-electron chi connectivity index (χ4n) is 4.11. The lowest BCUT2D eigenvalue weighted by Gasteiger charge is -2.22. The van der Waals surface area contributed by atoms with Crippen LogP contribution in [0.1, 0.15) is 41.7 Å². The Bertz CT molecular complexity index is 1390. The average Bonchev–Trinajstić information content (AvgIpc) is 3.57. The predicted octanol–water partition coefficient (Wildman–Crippen LogP) is 4.57. The number of hydrogen-bond acceptors (Lipinski definition) is 7. The molecule has 0 saturated carbocycles. The minimum absolute atomic E-state index is 0.0385. The second-order valence-corrected chi connectivity index (χ2v) is 9.79. The molecule has 0 radical (unpaired) electrons. The van der Waals surface area contributed by atoms with Gasteiger partial charge in [0.15, 0.2) is 11.0 Å². The number of carbonyl (C=O) groups excluding carboxylic acids is 2. The fraction of sp³-hybridized carbons (Fsp3) is 0.292. The van der Waals surface area contributed by atoms with Gasteiger partial charge in [-0.2, -0.15) is 0 Å². The Labute approximate surface area is 206 Å². The smallest absolute Gasteiger partial charge is 0.325 e. The van der Waals surface area contributed by atoms with Crippen LogP contribution in [-0.4, -0.2) is 42.2 Å². The maximum absolute atomic E-state index is 12.9. The van der Waals surface area contributed by atoms with Gasteiger partial charge < -0.3 is 19.8 Å². The lowest BCUT2D eigenvalue weighted by Crippen LogP contribution is -2.34. The molecule has 10 nitrogen and oxygen atoms in total. The number of amides is 2. The van der Waals surface area contributed by atoms with Gasteiger partial charge in [-0.05, 0) is 51.0 Å². The molecule has 11 heteroatoms. The third kappa shape index (κ3) is 4.67. The van der Waals surface area contributed by atoms with Crippen LogP contribution in [0.15, 0.2) is 48.9 Å². The summed E-state index contributed by atoms with van der Waals surface area (Å²) in [5.74, 6) is 1.43. The summed E-state index contributed by atoms with van der Waals surface area (Å²) in [6, 6.07) is 10.6. The highest BCUT2D eigenvalue weighted by Crippen LogP contribution is 2.33. The van der Waals surface area contributed by atoms with E-state index in [9.17, 15) is 9.59 Å². The van der Waals surface area contributed by atoms with E-state index in [1.807, 2.05) is 58.8 Å². The zero-order chi connectivity index (χ0) is 24.5. The normalized spacial score (nSPS) is 14.9. The Balaban J connectivity index is 1.24. The van der Waals surface area contributed by atoms with E-state index < -0.39 is 6.03 Å². The number of carbonyl (C=O) groups is 2. The van der Waals surface area contributed by atoms with Crippen LogP contribution in [0.2, 0.25) is 0 Å². The van der Waals surface area contributed by atoms with Crippen LogP contribution < -0.4 is 16.0 Å². The van der Waals surface area contributed by atoms with Gasteiger partial charge in [0.1, 0.15) is 12.1 Å². The molecule has 35 heavy (non-hydrogen) atoms. The number of anilines is 3. The summed E-state index contributed by atoms with van der Waals surface area (Å²) in [6.45, 7) is 4.12. The summed E-state index contributed by atoms with van der Waals surface area (Å²) < 4.78 is 3.79. The Hall–Kier alpha value is -3.99. The molecule has 2 amide bonds. The minimum atomic E-state index is -0.394. The van der Waals surface area contributed by atoms with E-state index in [2.05, 4.69) is 45.0 Å². The Kier molecular flexibility index (Phi) is 6.08. The van der Waals surface area contributed by atoms with Crippen molar-refractivity contribution in [1.82, 2.24) is 24.3 Å². The molecule has 1 aromatic carbocycles. The molecule has 180 valence electrons. The van der Waals surface area contributed by atoms with Crippen LogP contribution in [0.3, 0.4) is 0 Å². The molecule has 5 rings (SSSR count). The molecule has 1 unspecified atom stereocenters. The molecule has 0 spiro atoms. The van der Waals surface area contributed by atoms with E-state index >= 15 is 0 Å². The van der Waals surface area contributed by atoms with Crippen molar-refractivity contribution in [3.8, 4) is 11.4 Å². The van der Waals surface area contributed by atoms with Crippen LogP contribution in [0.5, 0.6) is 0 Å². The minimum Gasteiger partial charge on any atom is -0.359 e. The lowest BCUT2D eigenvalue weighted by atomic mass is 10.0. The van der Waals surface area contributed by atoms with Crippen LogP contribution in [0, 0.1) is 0 Å². The van der Waals surface area contributed by atoms with E-state index in [1.54, 1.807) is 6.33 Å². The Morgan fingerprint density at radius 1 is 1.20 bits per heavy atom. The van der Waals surface area contributed by atoms with E-state index in [0.717, 1.165) is 22.7 Å². The van der Waals surface area contributed by atoms with Gasteiger partial charge in [0.25, 0.3) is 0 Å². The maximum atomic E-state index is 12.9. The summed E-state index contributed by atoms with van der Waals surface area (Å²) in [7, 11) is 1.86. The molecule has 4 aromatic rings. The van der Waals surface area contributed by atoms with Crippen molar-refractivity contribution in [2.75, 3.05) is 16.0 Å². The lowest BCUT2D eigenvalue weighted by molar-refractivity contribution is 0.0956. The molecule has 1 atom stereocenters. The van der Waals surface area contributed by atoms with Crippen LogP contribution in [0.25, 0.3) is 11.4 Å². The summed E-state index contributed by atoms with van der Waals surface area (Å²) in [5.41, 5.74) is 2.15. The van der Waals surface area contributed by atoms with Gasteiger partial charge in [-0.25, -0.2) is 9.78 Å². The number of nitrogens with zero attached hydrogens (tertiary/aromatic N) is 5. The van der Waals surface area contributed by atoms with Crippen LogP contribution >= 0.6 is 11.3 Å². The number of aromatic nitrogens is 5. The van der Waals surface area contributed by atoms with Crippen molar-refractivity contribution in [1.29, 1.82) is 0 Å². The topological polar surface area (TPSA) is 119 Å². The van der Waals surface area contributed by atoms with Crippen LogP contribution in [-0.2, 0) is 13.5 Å². The number of rotatable bonds is 6. The molecule has 3 N–H and O–H groups in total. The monoisotopic (exact) mass is 490 g/mol. The SMILES string of the molecule is CC(C)n1cnnc1-c1cccc(NC(=O)Nc2nc3c(s2)CCC(C(=O)c2cccn2C)N3)c1. The fourth-order valence-corrected chi connectivity index (χ4v) is 5.05. The molecular formula is C24H26N8O2S. The van der Waals surface area contributed by atoms with Gasteiger partial charge in [-0.1, -0.05) is 23.5 Å². The molecule has 1 aliphatic heterocycles. The molecule has 0 fully saturated rings. The Morgan fingerprint density at radius 2 is 2.06 bits per heavy atom. The number of benzene rings is 1. The van der Waals surface area contributed by atoms with Gasteiger partial charge >= 0.3 is 6.03 Å². The van der Waals surface area contributed by atoms with E-state index in [1.165, 1.54) is 11.3 Å². The van der Waals surface area contributed by atoms with Crippen molar-refractivity contribution in [2.45, 2.75) is 38.8 Å². The number of hydrogen-bond donors (Lipinski definition) is 3. The van der Waals surface area contributed by atoms with Crippen molar-refractivity contribution >= 4 is 39.8 Å². The van der Waals surface area contributed by atoms with E-state index in [0.29, 0.717) is 28.8 Å². The summed E-state index contributed by atoms with van der Waals surface area (Å²) in [6.07, 6.45) is 4.96. The molecule has 1 aliphatic rings. The first kappa shape index (κ1) is 22.8. The first-order valence-corrected chi connectivity index (χ1v) is 12.2. The highest BCUT2D eigenvalue weighted by Gasteiger charge is 2.28. The molecule has 4 heterocycles. The third-order valence-electron chi connectivity index (χ3n) is 5.91. The standard InChI is InChI=1S/C24H26N8O2S/c1-14(2)32-13-25-30-22(32)15-6-4-7-16(12-15)26-23(34)29-24-28-21-19(35-24)10-9-17(27-21)20(33)18-8-5-11-31(18)3/h4-8,11-14,17,27H,9-10H2,1-3H3,(H2,26,28,29,34). The summed E-state index contributed by atoms with van der Waals surface area (Å²) >= 11 is 1.41. The molecular weight excluding hydrogens is 464 g/mol. The molecule has 3 aromatic heterocycles. The Morgan fingerprint density at radius 3 is 2.83 bits per heavy atom. The molecule has 0 aliphatic carbocycles. The van der Waals surface area contributed by atoms with Gasteiger partial charge in [-0.15, -0.1) is 10.2 Å². The van der Waals surface area contributed by atoms with Crippen molar-refractivity contribution in [2.24, 2.45) is 7.05 Å². The van der Waals surface area contributed by atoms with Crippen molar-refractivity contribution in [3.05, 3.63) is 59.5 Å². The largest absolute Gasteiger partial charge is 0.359 e. The first-order valence-electron chi connectivity index (χ1n) is 11.4. The highest BCUT2D eigenvalue weighted by molar-refractivity contribution is 7.16. The van der Waals surface area contributed by atoms with Crippen molar-refractivity contribution in [3.63, 3.8) is 0 Å². The average molecular weight is 491 g/mol. The maximum Gasteiger partial charge on any atom is 0.325 e. The number of ketones is 1. The molecule has 0 bridgehead atoms. The number of Topliss-reactive ketones (excluding diaryl/α,β-unsaturated/α-hetero) is 1. The third-order valence-corrected chi connectivity index (χ3v) is 6.94. The summed E-state index contributed by atoms with van der Waals surface area (Å²) in [4.78, 5) is 31.1. The molecule has 0 saturated heterocycles. The first-order chi connectivity index (χ1) is 16.9. The van der Waals surface area contributed by atoms with Gasteiger partial charge in [-0.3, -0.25) is 10.1 Å². The van der Waals surface area contributed by atoms with Gasteiger partial charge in [0.05, 0.1) is 16.6 Å². The number of thiazole rings is 1.